The van der Waals surface area contributed by atoms with Gasteiger partial charge in [0, 0.05) is 0 Å². The molecule has 1 atom stereocenters. The number of amides is 2. The Kier molecular flexibility index (Phi) is 9.37. The zero-order valence-corrected chi connectivity index (χ0v) is 22.8. The Hall–Kier alpha value is -3.06. The molecule has 2 aromatic carbocycles. The van der Waals surface area contributed by atoms with E-state index in [9.17, 15) is 24.3 Å². The number of carbonyl (C=O) groups is 4. The Bertz CT molecular complexity index is 1230. The van der Waals surface area contributed by atoms with Crippen LogP contribution in [0.3, 0.4) is 0 Å². The van der Waals surface area contributed by atoms with Gasteiger partial charge in [-0.05, 0) is 96.6 Å². The van der Waals surface area contributed by atoms with Gasteiger partial charge < -0.3 is 19.3 Å². The van der Waals surface area contributed by atoms with Crippen molar-refractivity contribution in [1.82, 2.24) is 4.90 Å². The molecule has 0 spiro atoms. The van der Waals surface area contributed by atoms with Gasteiger partial charge in [0.05, 0.1) is 27.3 Å². The van der Waals surface area contributed by atoms with Gasteiger partial charge in [-0.2, -0.15) is 0 Å². The number of aromatic carboxylic acids is 1. The number of carboxylic acid groups (broad SMARTS) is 1. The Morgan fingerprint density at radius 2 is 1.89 bits per heavy atom. The fraction of sp³-hybridized carbons (Fsp3) is 0.280. The highest BCUT2D eigenvalue weighted by molar-refractivity contribution is 14.1. The first-order valence-electron chi connectivity index (χ1n) is 11.0. The zero-order valence-electron chi connectivity index (χ0n) is 19.8. The summed E-state index contributed by atoms with van der Waals surface area (Å²) in [6, 6.07) is 8.89. The molecule has 3 rings (SSSR count). The van der Waals surface area contributed by atoms with Crippen LogP contribution in [0.1, 0.15) is 42.3 Å². The molecular weight excluding hydrogens is 601 g/mol. The number of carbonyl (C=O) groups excluding carboxylic acids is 3. The monoisotopic (exact) mass is 625 g/mol. The number of hydrogen-bond donors (Lipinski definition) is 1. The maximum atomic E-state index is 12.9. The summed E-state index contributed by atoms with van der Waals surface area (Å²) < 4.78 is 17.4. The maximum absolute atomic E-state index is 12.9. The second-order valence-electron chi connectivity index (χ2n) is 7.54. The molecule has 190 valence electrons. The van der Waals surface area contributed by atoms with Crippen LogP contribution in [-0.2, 0) is 20.9 Å². The molecule has 9 nitrogen and oxygen atoms in total. The second kappa shape index (κ2) is 12.3. The van der Waals surface area contributed by atoms with E-state index in [4.69, 9.17) is 14.2 Å². The number of nitrogens with zero attached hydrogens (tertiary/aromatic N) is 1. The third-order valence-corrected chi connectivity index (χ3v) is 6.71. The molecule has 2 amide bonds. The van der Waals surface area contributed by atoms with Crippen LogP contribution >= 0.6 is 34.4 Å². The number of thioether (sulfide) groups is 1. The molecule has 0 unspecified atom stereocenters. The van der Waals surface area contributed by atoms with Crippen LogP contribution in [-0.4, -0.2) is 52.3 Å². The van der Waals surface area contributed by atoms with Gasteiger partial charge in [-0.3, -0.25) is 14.5 Å². The number of halogens is 1. The van der Waals surface area contributed by atoms with Gasteiger partial charge in [-0.25, -0.2) is 9.59 Å². The van der Waals surface area contributed by atoms with E-state index < -0.39 is 29.1 Å². The fourth-order valence-corrected chi connectivity index (χ4v) is 5.05. The first kappa shape index (κ1) is 27.5. The number of rotatable bonds is 10. The molecule has 0 saturated carbocycles. The van der Waals surface area contributed by atoms with Crippen LogP contribution in [0.2, 0.25) is 0 Å². The Balaban J connectivity index is 1.85. The Labute approximate surface area is 225 Å². The summed E-state index contributed by atoms with van der Waals surface area (Å²) in [5, 5.41) is 8.65. The highest BCUT2D eigenvalue weighted by atomic mass is 127. The summed E-state index contributed by atoms with van der Waals surface area (Å²) in [5.41, 5.74) is 1.45. The van der Waals surface area contributed by atoms with E-state index in [2.05, 4.69) is 22.6 Å². The van der Waals surface area contributed by atoms with Crippen LogP contribution in [0.25, 0.3) is 6.08 Å². The van der Waals surface area contributed by atoms with E-state index in [0.717, 1.165) is 16.7 Å². The molecule has 0 radical (unpaired) electrons. The van der Waals surface area contributed by atoms with Gasteiger partial charge in [0.1, 0.15) is 12.6 Å². The summed E-state index contributed by atoms with van der Waals surface area (Å²) in [5.74, 6) is -1.34. The van der Waals surface area contributed by atoms with Gasteiger partial charge >= 0.3 is 11.9 Å². The summed E-state index contributed by atoms with van der Waals surface area (Å²) in [6.45, 7) is 5.55. The average Bonchev–Trinajstić information content (AvgIpc) is 3.11. The van der Waals surface area contributed by atoms with Gasteiger partial charge in [-0.1, -0.05) is 12.1 Å². The van der Waals surface area contributed by atoms with Crippen molar-refractivity contribution in [2.24, 2.45) is 0 Å². The molecule has 1 saturated heterocycles. The van der Waals surface area contributed by atoms with Crippen molar-refractivity contribution in [1.29, 1.82) is 0 Å². The van der Waals surface area contributed by atoms with Crippen LogP contribution in [0.5, 0.6) is 11.5 Å². The minimum Gasteiger partial charge on any atom is -0.490 e. The molecule has 11 heteroatoms. The lowest BCUT2D eigenvalue weighted by Gasteiger charge is -2.19. The largest absolute Gasteiger partial charge is 0.490 e. The maximum Gasteiger partial charge on any atom is 0.335 e. The molecule has 36 heavy (non-hydrogen) atoms. The summed E-state index contributed by atoms with van der Waals surface area (Å²) >= 11 is 2.83. The number of hydrogen-bond acceptors (Lipinski definition) is 8. The fourth-order valence-electron chi connectivity index (χ4n) is 3.36. The number of esters is 1. The first-order chi connectivity index (χ1) is 17.2. The van der Waals surface area contributed by atoms with Crippen molar-refractivity contribution >= 4 is 63.5 Å². The topological polar surface area (TPSA) is 119 Å². The van der Waals surface area contributed by atoms with E-state index in [-0.39, 0.29) is 23.7 Å². The lowest BCUT2D eigenvalue weighted by molar-refractivity contribution is -0.150. The molecule has 1 N–H and O–H groups in total. The Morgan fingerprint density at radius 1 is 1.14 bits per heavy atom. The SMILES string of the molecule is CCOC(=O)[C@H](C)N1C(=O)S/C(=C/c2cc(I)c(OCc3cccc(C(=O)O)c3)c(OCC)c2)C1=O. The molecule has 1 fully saturated rings. The summed E-state index contributed by atoms with van der Waals surface area (Å²) in [4.78, 5) is 49.7. The number of imide groups is 1. The normalized spacial score (nSPS) is 15.2. The van der Waals surface area contributed by atoms with Crippen molar-refractivity contribution in [2.45, 2.75) is 33.4 Å². The smallest absolute Gasteiger partial charge is 0.335 e. The molecule has 1 aliphatic heterocycles. The lowest BCUT2D eigenvalue weighted by Crippen LogP contribution is -2.42. The number of carboxylic acids is 1. The lowest BCUT2D eigenvalue weighted by atomic mass is 10.1. The van der Waals surface area contributed by atoms with Crippen molar-refractivity contribution < 1.29 is 38.5 Å². The third-order valence-electron chi connectivity index (χ3n) is 5.03. The van der Waals surface area contributed by atoms with E-state index >= 15 is 0 Å². The molecule has 0 aromatic heterocycles. The quantitative estimate of drug-likeness (QED) is 0.222. The number of benzene rings is 2. The van der Waals surface area contributed by atoms with Gasteiger partial charge in [0.15, 0.2) is 11.5 Å². The minimum atomic E-state index is -1.03. The van der Waals surface area contributed by atoms with Gasteiger partial charge in [-0.15, -0.1) is 0 Å². The van der Waals surface area contributed by atoms with E-state index in [0.29, 0.717) is 32.8 Å². The summed E-state index contributed by atoms with van der Waals surface area (Å²) in [6.07, 6.45) is 1.56. The van der Waals surface area contributed by atoms with Crippen LogP contribution in [0, 0.1) is 3.57 Å². The Morgan fingerprint density at radius 3 is 2.56 bits per heavy atom. The van der Waals surface area contributed by atoms with Crippen molar-refractivity contribution in [3.63, 3.8) is 0 Å². The highest BCUT2D eigenvalue weighted by Gasteiger charge is 2.41. The second-order valence-corrected chi connectivity index (χ2v) is 9.69. The molecule has 0 bridgehead atoms. The van der Waals surface area contributed by atoms with Crippen molar-refractivity contribution in [2.75, 3.05) is 13.2 Å². The summed E-state index contributed by atoms with van der Waals surface area (Å²) in [7, 11) is 0. The zero-order chi connectivity index (χ0) is 26.4. The standard InChI is InChI=1S/C25H24INO8S/c1-4-33-19-11-16(12-20-22(28)27(25(32)36-20)14(3)24(31)34-5-2)10-18(26)21(19)35-13-15-7-6-8-17(9-15)23(29)30/h6-12,14H,4-5,13H2,1-3H3,(H,29,30)/b20-12+/t14-/m0/s1. The van der Waals surface area contributed by atoms with Crippen molar-refractivity contribution in [3.8, 4) is 11.5 Å². The third kappa shape index (κ3) is 6.38. The van der Waals surface area contributed by atoms with Crippen molar-refractivity contribution in [3.05, 3.63) is 61.6 Å². The van der Waals surface area contributed by atoms with Crippen LogP contribution < -0.4 is 9.47 Å². The van der Waals surface area contributed by atoms with Gasteiger partial charge in [0.25, 0.3) is 11.1 Å². The van der Waals surface area contributed by atoms with Crippen LogP contribution in [0.15, 0.2) is 41.3 Å². The molecule has 1 heterocycles. The number of ether oxygens (including phenoxy) is 3. The highest BCUT2D eigenvalue weighted by Crippen LogP contribution is 2.38. The van der Waals surface area contributed by atoms with E-state index in [1.54, 1.807) is 37.3 Å². The molecule has 1 aliphatic rings. The molecule has 2 aromatic rings. The van der Waals surface area contributed by atoms with Crippen LogP contribution in [0.4, 0.5) is 4.79 Å². The van der Waals surface area contributed by atoms with Gasteiger partial charge in [0.2, 0.25) is 0 Å². The van der Waals surface area contributed by atoms with E-state index in [1.807, 2.05) is 6.92 Å². The minimum absolute atomic E-state index is 0.126. The predicted octanol–water partition coefficient (Wildman–Crippen LogP) is 4.96. The molecular formula is C25H24INO8S. The first-order valence-corrected chi connectivity index (χ1v) is 12.9. The predicted molar refractivity (Wildman–Crippen MR) is 142 cm³/mol. The van der Waals surface area contributed by atoms with E-state index in [1.165, 1.54) is 19.1 Å². The molecule has 0 aliphatic carbocycles. The average molecular weight is 625 g/mol.